The van der Waals surface area contributed by atoms with Gasteiger partial charge in [-0.3, -0.25) is 11.3 Å². The number of rotatable bonds is 4. The fourth-order valence-corrected chi connectivity index (χ4v) is 2.52. The second-order valence-electron chi connectivity index (χ2n) is 4.64. The van der Waals surface area contributed by atoms with Crippen molar-refractivity contribution in [1.29, 1.82) is 0 Å². The van der Waals surface area contributed by atoms with Gasteiger partial charge in [-0.25, -0.2) is 4.39 Å². The lowest BCUT2D eigenvalue weighted by molar-refractivity contribution is 0.529. The van der Waals surface area contributed by atoms with E-state index >= 15 is 0 Å². The largest absolute Gasteiger partial charge is 0.271 e. The van der Waals surface area contributed by atoms with Crippen LogP contribution in [0.4, 0.5) is 4.39 Å². The molecule has 3 N–H and O–H groups in total. The first-order valence-electron chi connectivity index (χ1n) is 6.18. The molecule has 0 aromatic heterocycles. The molecule has 0 fully saturated rings. The van der Waals surface area contributed by atoms with Crippen molar-refractivity contribution >= 4 is 23.2 Å². The van der Waals surface area contributed by atoms with Gasteiger partial charge < -0.3 is 0 Å². The van der Waals surface area contributed by atoms with Gasteiger partial charge in [-0.15, -0.1) is 0 Å². The highest BCUT2D eigenvalue weighted by Gasteiger charge is 2.17. The molecule has 5 heteroatoms. The second kappa shape index (κ2) is 6.55. The molecule has 0 spiro atoms. The van der Waals surface area contributed by atoms with E-state index in [2.05, 4.69) is 5.43 Å². The van der Waals surface area contributed by atoms with Crippen LogP contribution in [0.2, 0.25) is 10.0 Å². The predicted molar refractivity (Wildman–Crippen MR) is 81.4 cm³/mol. The first-order valence-corrected chi connectivity index (χ1v) is 6.93. The van der Waals surface area contributed by atoms with Gasteiger partial charge in [0.1, 0.15) is 5.82 Å². The molecule has 0 bridgehead atoms. The van der Waals surface area contributed by atoms with E-state index in [1.165, 1.54) is 6.07 Å². The number of benzene rings is 2. The van der Waals surface area contributed by atoms with Crippen molar-refractivity contribution < 1.29 is 4.39 Å². The Kier molecular flexibility index (Phi) is 5.00. The summed E-state index contributed by atoms with van der Waals surface area (Å²) >= 11 is 12.0. The number of hydrogen-bond donors (Lipinski definition) is 2. The zero-order chi connectivity index (χ0) is 14.7. The number of nitrogens with one attached hydrogen (secondary N) is 1. The molecule has 0 saturated carbocycles. The Morgan fingerprint density at radius 3 is 2.65 bits per heavy atom. The maximum atomic E-state index is 13.9. The van der Waals surface area contributed by atoms with E-state index in [4.69, 9.17) is 29.0 Å². The normalized spacial score (nSPS) is 12.4. The van der Waals surface area contributed by atoms with Crippen LogP contribution in [0.25, 0.3) is 0 Å². The van der Waals surface area contributed by atoms with Crippen LogP contribution in [-0.4, -0.2) is 0 Å². The van der Waals surface area contributed by atoms with Crippen LogP contribution in [-0.2, 0) is 6.42 Å². The van der Waals surface area contributed by atoms with Crippen molar-refractivity contribution in [2.45, 2.75) is 19.4 Å². The SMILES string of the molecule is Cc1cccc(C(Cc2ccc(Cl)cc2F)NN)c1Cl. The smallest absolute Gasteiger partial charge is 0.127 e. The van der Waals surface area contributed by atoms with Crippen molar-refractivity contribution in [1.82, 2.24) is 5.43 Å². The molecule has 0 aliphatic heterocycles. The number of halogens is 3. The topological polar surface area (TPSA) is 38.0 Å². The molecule has 1 atom stereocenters. The summed E-state index contributed by atoms with van der Waals surface area (Å²) in [5.41, 5.74) is 5.04. The van der Waals surface area contributed by atoms with Crippen LogP contribution < -0.4 is 11.3 Å². The van der Waals surface area contributed by atoms with E-state index in [1.807, 2.05) is 25.1 Å². The molecular formula is C15H15Cl2FN2. The highest BCUT2D eigenvalue weighted by molar-refractivity contribution is 6.32. The van der Waals surface area contributed by atoms with Crippen molar-refractivity contribution in [3.63, 3.8) is 0 Å². The zero-order valence-corrected chi connectivity index (χ0v) is 12.5. The zero-order valence-electron chi connectivity index (χ0n) is 11.0. The third kappa shape index (κ3) is 3.30. The highest BCUT2D eigenvalue weighted by atomic mass is 35.5. The molecule has 0 amide bonds. The Morgan fingerprint density at radius 2 is 2.00 bits per heavy atom. The van der Waals surface area contributed by atoms with Gasteiger partial charge >= 0.3 is 0 Å². The van der Waals surface area contributed by atoms with E-state index in [0.717, 1.165) is 11.1 Å². The lowest BCUT2D eigenvalue weighted by atomic mass is 9.97. The monoisotopic (exact) mass is 312 g/mol. The van der Waals surface area contributed by atoms with Crippen LogP contribution in [0.15, 0.2) is 36.4 Å². The minimum atomic E-state index is -0.346. The molecule has 20 heavy (non-hydrogen) atoms. The molecule has 0 heterocycles. The van der Waals surface area contributed by atoms with Gasteiger partial charge in [-0.05, 0) is 42.2 Å². The molecule has 0 saturated heterocycles. The summed E-state index contributed by atoms with van der Waals surface area (Å²) in [7, 11) is 0. The lowest BCUT2D eigenvalue weighted by Crippen LogP contribution is -2.30. The molecular weight excluding hydrogens is 298 g/mol. The van der Waals surface area contributed by atoms with Crippen LogP contribution in [0, 0.1) is 12.7 Å². The van der Waals surface area contributed by atoms with Gasteiger partial charge in [0.25, 0.3) is 0 Å². The maximum Gasteiger partial charge on any atom is 0.127 e. The Labute approximate surface area is 127 Å². The van der Waals surface area contributed by atoms with E-state index in [-0.39, 0.29) is 11.9 Å². The standard InChI is InChI=1S/C15H15Cl2FN2/c1-9-3-2-4-12(15(9)17)14(20-19)7-10-5-6-11(16)8-13(10)18/h2-6,8,14,20H,7,19H2,1H3. The van der Waals surface area contributed by atoms with Gasteiger partial charge in [0.05, 0.1) is 6.04 Å². The lowest BCUT2D eigenvalue weighted by Gasteiger charge is -2.19. The molecule has 0 aliphatic carbocycles. The minimum Gasteiger partial charge on any atom is -0.271 e. The second-order valence-corrected chi connectivity index (χ2v) is 5.45. The number of hydrogen-bond acceptors (Lipinski definition) is 2. The Balaban J connectivity index is 2.31. The molecule has 0 radical (unpaired) electrons. The van der Waals surface area contributed by atoms with Crippen molar-refractivity contribution in [2.75, 3.05) is 0 Å². The first-order chi connectivity index (χ1) is 9.52. The van der Waals surface area contributed by atoms with Crippen molar-refractivity contribution in [3.05, 3.63) is 69.0 Å². The van der Waals surface area contributed by atoms with Crippen molar-refractivity contribution in [2.24, 2.45) is 5.84 Å². The van der Waals surface area contributed by atoms with Gasteiger partial charge in [-0.1, -0.05) is 47.5 Å². The Bertz CT molecular complexity index is 617. The molecule has 2 aromatic rings. The fraction of sp³-hybridized carbons (Fsp3) is 0.200. The maximum absolute atomic E-state index is 13.9. The number of aryl methyl sites for hydroxylation is 1. The van der Waals surface area contributed by atoms with Gasteiger partial charge in [-0.2, -0.15) is 0 Å². The summed E-state index contributed by atoms with van der Waals surface area (Å²) in [5.74, 6) is 5.25. The molecule has 1 unspecified atom stereocenters. The van der Waals surface area contributed by atoms with Crippen molar-refractivity contribution in [3.8, 4) is 0 Å². The predicted octanol–water partition coefficient (Wildman–Crippen LogP) is 4.19. The number of hydrazine groups is 1. The van der Waals surface area contributed by atoms with Gasteiger partial charge in [0.2, 0.25) is 0 Å². The Hall–Kier alpha value is -1.13. The van der Waals surface area contributed by atoms with Gasteiger partial charge in [0.15, 0.2) is 0 Å². The number of nitrogens with two attached hydrogens (primary N) is 1. The average molecular weight is 313 g/mol. The summed E-state index contributed by atoms with van der Waals surface area (Å²) in [5, 5.41) is 1.02. The Morgan fingerprint density at radius 1 is 1.25 bits per heavy atom. The summed E-state index contributed by atoms with van der Waals surface area (Å²) in [6.07, 6.45) is 0.392. The van der Waals surface area contributed by atoms with Crippen LogP contribution in [0.1, 0.15) is 22.7 Å². The highest BCUT2D eigenvalue weighted by Crippen LogP contribution is 2.29. The third-order valence-corrected chi connectivity index (χ3v) is 3.99. The van der Waals surface area contributed by atoms with Crippen LogP contribution in [0.5, 0.6) is 0 Å². The van der Waals surface area contributed by atoms with E-state index in [9.17, 15) is 4.39 Å². The molecule has 0 aliphatic rings. The average Bonchev–Trinajstić information content (AvgIpc) is 2.42. The molecule has 2 rings (SSSR count). The molecule has 2 nitrogen and oxygen atoms in total. The quantitative estimate of drug-likeness (QED) is 0.656. The molecule has 106 valence electrons. The molecule has 2 aromatic carbocycles. The first kappa shape index (κ1) is 15.3. The summed E-state index contributed by atoms with van der Waals surface area (Å²) in [4.78, 5) is 0. The summed E-state index contributed by atoms with van der Waals surface area (Å²) < 4.78 is 13.9. The minimum absolute atomic E-state index is 0.266. The van der Waals surface area contributed by atoms with E-state index < -0.39 is 0 Å². The third-order valence-electron chi connectivity index (χ3n) is 3.24. The summed E-state index contributed by atoms with van der Waals surface area (Å²) in [6.45, 7) is 1.92. The van der Waals surface area contributed by atoms with Crippen LogP contribution >= 0.6 is 23.2 Å². The van der Waals surface area contributed by atoms with Crippen LogP contribution in [0.3, 0.4) is 0 Å². The fourth-order valence-electron chi connectivity index (χ4n) is 2.11. The summed E-state index contributed by atoms with van der Waals surface area (Å²) in [6, 6.07) is 10.0. The van der Waals surface area contributed by atoms with Gasteiger partial charge in [0, 0.05) is 10.0 Å². The van der Waals surface area contributed by atoms with E-state index in [0.29, 0.717) is 22.0 Å². The van der Waals surface area contributed by atoms with E-state index in [1.54, 1.807) is 12.1 Å².